The SMILES string of the molecule is NC(=O)C[C@@H]1N[C@]2(C(=O)Nc3ccccc32)[C@@H]2C(=O)N(c3ccc4c(c3)OCO4)C(=O)[C@H]12. The first-order valence-corrected chi connectivity index (χ1v) is 10.2. The monoisotopic (exact) mass is 434 g/mol. The van der Waals surface area contributed by atoms with E-state index in [-0.39, 0.29) is 13.2 Å². The van der Waals surface area contributed by atoms with Gasteiger partial charge in [0.15, 0.2) is 11.5 Å². The van der Waals surface area contributed by atoms with Gasteiger partial charge < -0.3 is 20.5 Å². The molecule has 2 aromatic rings. The largest absolute Gasteiger partial charge is 0.454 e. The molecule has 0 aromatic heterocycles. The number of imide groups is 1. The number of primary amides is 1. The smallest absolute Gasteiger partial charge is 0.250 e. The van der Waals surface area contributed by atoms with Crippen molar-refractivity contribution >= 4 is 35.0 Å². The summed E-state index contributed by atoms with van der Waals surface area (Å²) in [6.07, 6.45) is -0.188. The van der Waals surface area contributed by atoms with Crippen molar-refractivity contribution in [3.63, 3.8) is 0 Å². The number of carbonyl (C=O) groups is 4. The van der Waals surface area contributed by atoms with Gasteiger partial charge in [-0.3, -0.25) is 24.5 Å². The maximum Gasteiger partial charge on any atom is 0.250 e. The summed E-state index contributed by atoms with van der Waals surface area (Å²) in [6.45, 7) is 0.0522. The van der Waals surface area contributed by atoms with E-state index >= 15 is 0 Å². The van der Waals surface area contributed by atoms with E-state index in [9.17, 15) is 19.2 Å². The van der Waals surface area contributed by atoms with Crippen LogP contribution >= 0.6 is 0 Å². The van der Waals surface area contributed by atoms with Crippen molar-refractivity contribution in [1.29, 1.82) is 0 Å². The van der Waals surface area contributed by atoms with Gasteiger partial charge in [0.05, 0.1) is 17.5 Å². The number of benzene rings is 2. The van der Waals surface area contributed by atoms with Crippen LogP contribution in [0, 0.1) is 11.8 Å². The third-order valence-corrected chi connectivity index (χ3v) is 6.66. The van der Waals surface area contributed by atoms with Gasteiger partial charge in [-0.1, -0.05) is 18.2 Å². The van der Waals surface area contributed by atoms with Crippen LogP contribution in [-0.4, -0.2) is 36.5 Å². The Bertz CT molecular complexity index is 1230. The number of para-hydroxylation sites is 1. The zero-order valence-electron chi connectivity index (χ0n) is 16.7. The first-order valence-electron chi connectivity index (χ1n) is 10.2. The number of hydrogen-bond acceptors (Lipinski definition) is 7. The predicted octanol–water partition coefficient (Wildman–Crippen LogP) is 0.216. The number of nitrogens with one attached hydrogen (secondary N) is 2. The van der Waals surface area contributed by atoms with E-state index in [1.54, 1.807) is 42.5 Å². The first-order chi connectivity index (χ1) is 15.4. The van der Waals surface area contributed by atoms with Crippen LogP contribution in [0.5, 0.6) is 11.5 Å². The van der Waals surface area contributed by atoms with Gasteiger partial charge in [0.25, 0.3) is 0 Å². The molecule has 4 heterocycles. The standard InChI is InChI=1S/C22H18N4O6/c23-16(27)8-13-17-18(22(25-13)11-3-1-2-4-12(11)24-21(22)30)20(29)26(19(17)28)10-5-6-14-15(7-10)32-9-31-14/h1-7,13,17-18,25H,8-9H2,(H2,23,27)(H,24,30)/t13-,17+,18-,22-/m0/s1. The minimum atomic E-state index is -1.47. The average Bonchev–Trinajstić information content (AvgIpc) is 3.48. The van der Waals surface area contributed by atoms with Gasteiger partial charge in [-0.15, -0.1) is 0 Å². The molecule has 10 nitrogen and oxygen atoms in total. The lowest BCUT2D eigenvalue weighted by molar-refractivity contribution is -0.130. The summed E-state index contributed by atoms with van der Waals surface area (Å²) < 4.78 is 10.7. The minimum absolute atomic E-state index is 0.0522. The van der Waals surface area contributed by atoms with E-state index < -0.39 is 47.0 Å². The fourth-order valence-corrected chi connectivity index (χ4v) is 5.43. The minimum Gasteiger partial charge on any atom is -0.454 e. The lowest BCUT2D eigenvalue weighted by Gasteiger charge is -2.29. The third-order valence-electron chi connectivity index (χ3n) is 6.66. The van der Waals surface area contributed by atoms with Crippen LogP contribution in [0.3, 0.4) is 0 Å². The number of nitrogens with zero attached hydrogens (tertiary/aromatic N) is 1. The Hall–Kier alpha value is -3.92. The number of nitrogens with two attached hydrogens (primary N) is 1. The van der Waals surface area contributed by atoms with Gasteiger partial charge in [0.2, 0.25) is 30.4 Å². The van der Waals surface area contributed by atoms with Crippen LogP contribution in [0.1, 0.15) is 12.0 Å². The summed E-state index contributed by atoms with van der Waals surface area (Å²) in [4.78, 5) is 53.4. The Morgan fingerprint density at radius 1 is 1.09 bits per heavy atom. The van der Waals surface area contributed by atoms with Gasteiger partial charge in [-0.25, -0.2) is 4.90 Å². The third kappa shape index (κ3) is 2.27. The predicted molar refractivity (Wildman–Crippen MR) is 110 cm³/mol. The highest BCUT2D eigenvalue weighted by Crippen LogP contribution is 2.54. The zero-order valence-corrected chi connectivity index (χ0v) is 16.7. The van der Waals surface area contributed by atoms with Gasteiger partial charge in [0.1, 0.15) is 5.54 Å². The number of ether oxygens (including phenoxy) is 2. The van der Waals surface area contributed by atoms with Crippen LogP contribution in [0.25, 0.3) is 0 Å². The van der Waals surface area contributed by atoms with E-state index in [0.29, 0.717) is 28.4 Å². The normalized spacial score (nSPS) is 29.4. The topological polar surface area (TPSA) is 140 Å². The highest BCUT2D eigenvalue weighted by molar-refractivity contribution is 6.26. The lowest BCUT2D eigenvalue weighted by Crippen LogP contribution is -2.53. The zero-order chi connectivity index (χ0) is 22.2. The van der Waals surface area contributed by atoms with Gasteiger partial charge >= 0.3 is 0 Å². The number of rotatable bonds is 3. The number of hydrogen-bond donors (Lipinski definition) is 3. The van der Waals surface area contributed by atoms with E-state index in [2.05, 4.69) is 10.6 Å². The van der Waals surface area contributed by atoms with E-state index in [1.807, 2.05) is 0 Å². The molecule has 0 radical (unpaired) electrons. The Morgan fingerprint density at radius 2 is 1.88 bits per heavy atom. The molecular formula is C22H18N4O6. The van der Waals surface area contributed by atoms with Crippen molar-refractivity contribution < 1.29 is 28.7 Å². The second-order valence-corrected chi connectivity index (χ2v) is 8.28. The van der Waals surface area contributed by atoms with Crippen molar-refractivity contribution in [2.75, 3.05) is 17.0 Å². The summed E-state index contributed by atoms with van der Waals surface area (Å²) in [5.41, 5.74) is 5.41. The van der Waals surface area contributed by atoms with Crippen molar-refractivity contribution in [3.8, 4) is 11.5 Å². The molecule has 32 heavy (non-hydrogen) atoms. The van der Waals surface area contributed by atoms with Crippen LogP contribution in [-0.2, 0) is 24.7 Å². The molecular weight excluding hydrogens is 416 g/mol. The summed E-state index contributed by atoms with van der Waals surface area (Å²) in [6, 6.07) is 11.0. The number of anilines is 2. The molecule has 2 fully saturated rings. The quantitative estimate of drug-likeness (QED) is 0.587. The summed E-state index contributed by atoms with van der Waals surface area (Å²) in [5, 5.41) is 5.96. The maximum atomic E-state index is 13.7. The van der Waals surface area contributed by atoms with E-state index in [0.717, 1.165) is 4.90 Å². The Balaban J connectivity index is 1.49. The highest BCUT2D eigenvalue weighted by atomic mass is 16.7. The molecule has 4 aliphatic rings. The molecule has 0 aliphatic carbocycles. The fourth-order valence-electron chi connectivity index (χ4n) is 5.43. The molecule has 4 aliphatic heterocycles. The van der Waals surface area contributed by atoms with Gasteiger partial charge in [-0.2, -0.15) is 0 Å². The molecule has 2 saturated heterocycles. The summed E-state index contributed by atoms with van der Waals surface area (Å²) in [7, 11) is 0. The molecule has 4 atom stereocenters. The highest BCUT2D eigenvalue weighted by Gasteiger charge is 2.70. The van der Waals surface area contributed by atoms with Crippen molar-refractivity contribution in [3.05, 3.63) is 48.0 Å². The second kappa shape index (κ2) is 6.30. The Labute approximate surface area is 181 Å². The first kappa shape index (κ1) is 18.8. The number of carbonyl (C=O) groups excluding carboxylic acids is 4. The molecule has 0 saturated carbocycles. The maximum absolute atomic E-state index is 13.7. The van der Waals surface area contributed by atoms with Crippen LogP contribution < -0.4 is 30.7 Å². The second-order valence-electron chi connectivity index (χ2n) is 8.28. The molecule has 4 amide bonds. The molecule has 2 aromatic carbocycles. The van der Waals surface area contributed by atoms with E-state index in [4.69, 9.17) is 15.2 Å². The Kier molecular flexibility index (Phi) is 3.70. The molecule has 4 N–H and O–H groups in total. The lowest BCUT2D eigenvalue weighted by atomic mass is 9.76. The molecule has 6 rings (SSSR count). The number of amides is 4. The van der Waals surface area contributed by atoms with Crippen LogP contribution in [0.15, 0.2) is 42.5 Å². The van der Waals surface area contributed by atoms with Crippen LogP contribution in [0.2, 0.25) is 0 Å². The molecule has 162 valence electrons. The van der Waals surface area contributed by atoms with Gasteiger partial charge in [-0.05, 0) is 18.2 Å². The molecule has 1 spiro atoms. The van der Waals surface area contributed by atoms with Gasteiger partial charge in [0, 0.05) is 29.8 Å². The summed E-state index contributed by atoms with van der Waals surface area (Å²) >= 11 is 0. The van der Waals surface area contributed by atoms with E-state index in [1.165, 1.54) is 0 Å². The van der Waals surface area contributed by atoms with Crippen molar-refractivity contribution in [2.24, 2.45) is 17.6 Å². The summed E-state index contributed by atoms with van der Waals surface area (Å²) in [5.74, 6) is -3.11. The molecule has 0 unspecified atom stereocenters. The fraction of sp³-hybridized carbons (Fsp3) is 0.273. The van der Waals surface area contributed by atoms with Crippen molar-refractivity contribution in [2.45, 2.75) is 18.0 Å². The Morgan fingerprint density at radius 3 is 2.69 bits per heavy atom. The number of fused-ring (bicyclic) bond motifs is 5. The molecule has 10 heteroatoms. The van der Waals surface area contributed by atoms with Crippen molar-refractivity contribution in [1.82, 2.24) is 5.32 Å². The molecule has 0 bridgehead atoms. The average molecular weight is 434 g/mol. The van der Waals surface area contributed by atoms with Crippen LogP contribution in [0.4, 0.5) is 11.4 Å².